The molecule has 0 heterocycles. The Morgan fingerprint density at radius 3 is 2.81 bits per heavy atom. The third-order valence-electron chi connectivity index (χ3n) is 2.51. The van der Waals surface area contributed by atoms with E-state index in [0.717, 1.165) is 11.1 Å². The second-order valence-electron chi connectivity index (χ2n) is 4.08. The normalized spacial score (nSPS) is 10.8. The first kappa shape index (κ1) is 12.6. The van der Waals surface area contributed by atoms with Gasteiger partial charge in [-0.3, -0.25) is 5.41 Å². The molecule has 88 valence electrons. The number of nitrogens with two attached hydrogens (primary N) is 1. The first-order valence-corrected chi connectivity index (χ1v) is 5.25. The van der Waals surface area contributed by atoms with Crippen molar-refractivity contribution in [2.75, 3.05) is 13.6 Å². The molecule has 1 rings (SSSR count). The van der Waals surface area contributed by atoms with Crippen LogP contribution in [-0.2, 0) is 6.54 Å². The van der Waals surface area contributed by atoms with Crippen LogP contribution in [0, 0.1) is 18.2 Å². The molecule has 3 nitrogen and oxygen atoms in total. The van der Waals surface area contributed by atoms with Gasteiger partial charge in [0.05, 0.1) is 5.84 Å². The number of rotatable bonds is 5. The Morgan fingerprint density at radius 2 is 2.19 bits per heavy atom. The number of halogens is 1. The van der Waals surface area contributed by atoms with E-state index in [4.69, 9.17) is 11.1 Å². The van der Waals surface area contributed by atoms with Gasteiger partial charge in [0.2, 0.25) is 0 Å². The maximum Gasteiger partial charge on any atom is 0.123 e. The van der Waals surface area contributed by atoms with Gasteiger partial charge in [-0.05, 0) is 37.2 Å². The topological polar surface area (TPSA) is 53.1 Å². The number of aryl methyl sites for hydroxylation is 1. The van der Waals surface area contributed by atoms with Crippen LogP contribution < -0.4 is 5.73 Å². The van der Waals surface area contributed by atoms with Crippen LogP contribution in [0.15, 0.2) is 18.2 Å². The molecule has 0 aliphatic rings. The molecule has 1 aromatic carbocycles. The minimum atomic E-state index is -0.208. The molecule has 0 amide bonds. The van der Waals surface area contributed by atoms with Gasteiger partial charge in [-0.1, -0.05) is 6.07 Å². The van der Waals surface area contributed by atoms with Crippen LogP contribution in [0.5, 0.6) is 0 Å². The summed E-state index contributed by atoms with van der Waals surface area (Å²) in [6, 6.07) is 4.80. The molecule has 0 radical (unpaired) electrons. The van der Waals surface area contributed by atoms with Crippen molar-refractivity contribution in [1.82, 2.24) is 4.90 Å². The number of hydrogen-bond donors (Lipinski definition) is 2. The second-order valence-corrected chi connectivity index (χ2v) is 4.08. The van der Waals surface area contributed by atoms with Gasteiger partial charge in [-0.25, -0.2) is 4.39 Å². The zero-order chi connectivity index (χ0) is 12.1. The molecule has 0 bridgehead atoms. The molecular weight excluding hydrogens is 205 g/mol. The quantitative estimate of drug-likeness (QED) is 0.591. The molecular formula is C12H18FN3. The standard InChI is InChI=1S/C12H18FN3/c1-9-3-4-11(13)7-10(9)8-16(2)6-5-12(14)15/h3-4,7H,5-6,8H2,1-2H3,(H3,14,15). The van der Waals surface area contributed by atoms with E-state index in [1.807, 2.05) is 18.9 Å². The first-order valence-electron chi connectivity index (χ1n) is 5.25. The summed E-state index contributed by atoms with van der Waals surface area (Å²) in [4.78, 5) is 2.03. The predicted octanol–water partition coefficient (Wildman–Crippen LogP) is 1.89. The Kier molecular flexibility index (Phi) is 4.43. The highest BCUT2D eigenvalue weighted by Crippen LogP contribution is 2.12. The maximum atomic E-state index is 13.0. The minimum Gasteiger partial charge on any atom is -0.388 e. The Bertz CT molecular complexity index is 377. The first-order chi connectivity index (χ1) is 7.49. The molecule has 1 aromatic rings. The third kappa shape index (κ3) is 3.98. The average molecular weight is 223 g/mol. The van der Waals surface area contributed by atoms with Gasteiger partial charge in [0, 0.05) is 19.5 Å². The SMILES string of the molecule is Cc1ccc(F)cc1CN(C)CCC(=N)N. The zero-order valence-electron chi connectivity index (χ0n) is 9.76. The van der Waals surface area contributed by atoms with Crippen LogP contribution in [0.1, 0.15) is 17.5 Å². The van der Waals surface area contributed by atoms with Crippen LogP contribution in [0.4, 0.5) is 4.39 Å². The van der Waals surface area contributed by atoms with Crippen molar-refractivity contribution < 1.29 is 4.39 Å². The number of benzene rings is 1. The fourth-order valence-corrected chi connectivity index (χ4v) is 1.49. The largest absolute Gasteiger partial charge is 0.388 e. The lowest BCUT2D eigenvalue weighted by Gasteiger charge is -2.17. The maximum absolute atomic E-state index is 13.0. The monoisotopic (exact) mass is 223 g/mol. The number of hydrogen-bond acceptors (Lipinski definition) is 2. The molecule has 0 aliphatic heterocycles. The molecule has 16 heavy (non-hydrogen) atoms. The molecule has 0 fully saturated rings. The van der Waals surface area contributed by atoms with Crippen molar-refractivity contribution in [1.29, 1.82) is 5.41 Å². The van der Waals surface area contributed by atoms with E-state index in [1.54, 1.807) is 12.1 Å². The van der Waals surface area contributed by atoms with E-state index in [1.165, 1.54) is 6.07 Å². The Labute approximate surface area is 95.6 Å². The van der Waals surface area contributed by atoms with Crippen LogP contribution in [0.3, 0.4) is 0 Å². The van der Waals surface area contributed by atoms with Gasteiger partial charge >= 0.3 is 0 Å². The summed E-state index contributed by atoms with van der Waals surface area (Å²) in [7, 11) is 1.94. The van der Waals surface area contributed by atoms with Crippen molar-refractivity contribution in [3.63, 3.8) is 0 Å². The molecule has 0 unspecified atom stereocenters. The van der Waals surface area contributed by atoms with Crippen LogP contribution in [-0.4, -0.2) is 24.3 Å². The number of nitrogens with one attached hydrogen (secondary N) is 1. The van der Waals surface area contributed by atoms with E-state index < -0.39 is 0 Å². The minimum absolute atomic E-state index is 0.183. The molecule has 0 spiro atoms. The van der Waals surface area contributed by atoms with E-state index in [-0.39, 0.29) is 11.7 Å². The Balaban J connectivity index is 2.58. The zero-order valence-corrected chi connectivity index (χ0v) is 9.76. The van der Waals surface area contributed by atoms with E-state index >= 15 is 0 Å². The van der Waals surface area contributed by atoms with Gasteiger partial charge in [0.1, 0.15) is 5.82 Å². The molecule has 0 saturated carbocycles. The fraction of sp³-hybridized carbons (Fsp3) is 0.417. The second kappa shape index (κ2) is 5.61. The predicted molar refractivity (Wildman–Crippen MR) is 64.0 cm³/mol. The van der Waals surface area contributed by atoms with Crippen molar-refractivity contribution in [2.45, 2.75) is 19.9 Å². The third-order valence-corrected chi connectivity index (χ3v) is 2.51. The molecule has 4 heteroatoms. The summed E-state index contributed by atoms with van der Waals surface area (Å²) >= 11 is 0. The summed E-state index contributed by atoms with van der Waals surface area (Å²) in [6.45, 7) is 3.36. The Hall–Kier alpha value is -1.42. The summed E-state index contributed by atoms with van der Waals surface area (Å²) < 4.78 is 13.0. The van der Waals surface area contributed by atoms with Gasteiger partial charge in [-0.15, -0.1) is 0 Å². The fourth-order valence-electron chi connectivity index (χ4n) is 1.49. The molecule has 0 aliphatic carbocycles. The molecule has 3 N–H and O–H groups in total. The van der Waals surface area contributed by atoms with Crippen LogP contribution in [0.25, 0.3) is 0 Å². The van der Waals surface area contributed by atoms with E-state index in [0.29, 0.717) is 19.5 Å². The summed E-state index contributed by atoms with van der Waals surface area (Å²) in [6.07, 6.45) is 0.546. The lowest BCUT2D eigenvalue weighted by molar-refractivity contribution is 0.335. The van der Waals surface area contributed by atoms with Gasteiger partial charge < -0.3 is 10.6 Å². The highest BCUT2D eigenvalue weighted by Gasteiger charge is 2.05. The van der Waals surface area contributed by atoms with Crippen molar-refractivity contribution in [3.05, 3.63) is 35.1 Å². The van der Waals surface area contributed by atoms with Crippen molar-refractivity contribution >= 4 is 5.84 Å². The lowest BCUT2D eigenvalue weighted by Crippen LogP contribution is -2.24. The average Bonchev–Trinajstić information content (AvgIpc) is 2.20. The molecule has 0 atom stereocenters. The number of nitrogens with zero attached hydrogens (tertiary/aromatic N) is 1. The summed E-state index contributed by atoms with van der Waals surface area (Å²) in [5.74, 6) is -0.0246. The summed E-state index contributed by atoms with van der Waals surface area (Å²) in [5, 5.41) is 7.13. The van der Waals surface area contributed by atoms with Gasteiger partial charge in [0.15, 0.2) is 0 Å². The Morgan fingerprint density at radius 1 is 1.50 bits per heavy atom. The van der Waals surface area contributed by atoms with Crippen LogP contribution in [0.2, 0.25) is 0 Å². The molecule has 0 saturated heterocycles. The van der Waals surface area contributed by atoms with Gasteiger partial charge in [0.25, 0.3) is 0 Å². The highest BCUT2D eigenvalue weighted by molar-refractivity contribution is 5.76. The van der Waals surface area contributed by atoms with E-state index in [2.05, 4.69) is 0 Å². The lowest BCUT2D eigenvalue weighted by atomic mass is 10.1. The van der Waals surface area contributed by atoms with Crippen molar-refractivity contribution in [2.24, 2.45) is 5.73 Å². The van der Waals surface area contributed by atoms with Crippen molar-refractivity contribution in [3.8, 4) is 0 Å². The highest BCUT2D eigenvalue weighted by atomic mass is 19.1. The smallest absolute Gasteiger partial charge is 0.123 e. The number of amidine groups is 1. The van der Waals surface area contributed by atoms with Gasteiger partial charge in [-0.2, -0.15) is 0 Å². The van der Waals surface area contributed by atoms with E-state index in [9.17, 15) is 4.39 Å². The summed E-state index contributed by atoms with van der Waals surface area (Å²) in [5.41, 5.74) is 7.34. The van der Waals surface area contributed by atoms with Crippen LogP contribution >= 0.6 is 0 Å². The molecule has 0 aromatic heterocycles.